The molecule has 0 radical (unpaired) electrons. The molecule has 0 N–H and O–H groups in total. The van der Waals surface area contributed by atoms with Gasteiger partial charge in [-0.1, -0.05) is 122 Å². The van der Waals surface area contributed by atoms with Crippen LogP contribution < -0.4 is 0 Å². The molecule has 0 aromatic carbocycles. The minimum Gasteiger partial charge on any atom is -0.380 e. The molecule has 0 aliphatic heterocycles. The van der Waals surface area contributed by atoms with Crippen LogP contribution in [0.3, 0.4) is 0 Å². The number of hydrogen-bond acceptors (Lipinski definition) is 2. The SMILES string of the molecule is CCCCC/C=C\C/C=C\CCCCCCCCOCC(C#N)CCCCCCCCC. The lowest BCUT2D eigenvalue weighted by Crippen LogP contribution is -2.08. The van der Waals surface area contributed by atoms with Crippen molar-refractivity contribution in [3.63, 3.8) is 0 Å². The van der Waals surface area contributed by atoms with Crippen LogP contribution in [-0.4, -0.2) is 13.2 Å². The Balaban J connectivity index is 3.33. The molecule has 186 valence electrons. The Morgan fingerprint density at radius 3 is 1.75 bits per heavy atom. The molecule has 1 atom stereocenters. The van der Waals surface area contributed by atoms with Gasteiger partial charge in [0.05, 0.1) is 18.6 Å². The minimum atomic E-state index is 0.0928. The zero-order valence-corrected chi connectivity index (χ0v) is 21.8. The van der Waals surface area contributed by atoms with Gasteiger partial charge in [0.15, 0.2) is 0 Å². The standard InChI is InChI=1S/C30H55NO/c1-3-5-7-9-11-12-13-14-15-16-17-18-19-21-23-25-27-32-29-30(28-31)26-24-22-20-10-8-6-4-2/h11-12,14-15,30H,3-10,13,16-27,29H2,1-2H3/b12-11-,15-14-. The van der Waals surface area contributed by atoms with Crippen molar-refractivity contribution in [2.75, 3.05) is 13.2 Å². The molecule has 0 aliphatic carbocycles. The summed E-state index contributed by atoms with van der Waals surface area (Å²) in [5.74, 6) is 0.0928. The molecule has 0 saturated heterocycles. The Hall–Kier alpha value is -1.07. The molecule has 0 rings (SSSR count). The number of nitriles is 1. The molecule has 2 nitrogen and oxygen atoms in total. The fourth-order valence-electron chi connectivity index (χ4n) is 3.95. The van der Waals surface area contributed by atoms with Crippen LogP contribution in [0.2, 0.25) is 0 Å². The van der Waals surface area contributed by atoms with E-state index in [0.29, 0.717) is 6.61 Å². The molecule has 0 heterocycles. The van der Waals surface area contributed by atoms with Crippen molar-refractivity contribution in [2.24, 2.45) is 5.92 Å². The van der Waals surface area contributed by atoms with Gasteiger partial charge in [0.2, 0.25) is 0 Å². The van der Waals surface area contributed by atoms with E-state index in [1.807, 2.05) is 0 Å². The highest BCUT2D eigenvalue weighted by atomic mass is 16.5. The van der Waals surface area contributed by atoms with E-state index < -0.39 is 0 Å². The van der Waals surface area contributed by atoms with Gasteiger partial charge in [-0.25, -0.2) is 0 Å². The van der Waals surface area contributed by atoms with Crippen molar-refractivity contribution < 1.29 is 4.74 Å². The maximum atomic E-state index is 9.30. The van der Waals surface area contributed by atoms with Gasteiger partial charge in [0.1, 0.15) is 0 Å². The summed E-state index contributed by atoms with van der Waals surface area (Å²) in [5.41, 5.74) is 0. The minimum absolute atomic E-state index is 0.0928. The summed E-state index contributed by atoms with van der Waals surface area (Å²) in [6, 6.07) is 2.44. The molecule has 0 aromatic heterocycles. The summed E-state index contributed by atoms with van der Waals surface area (Å²) in [5, 5.41) is 9.30. The van der Waals surface area contributed by atoms with Crippen molar-refractivity contribution >= 4 is 0 Å². The van der Waals surface area contributed by atoms with Crippen LogP contribution in [0, 0.1) is 17.2 Å². The van der Waals surface area contributed by atoms with E-state index in [0.717, 1.165) is 25.9 Å². The first-order valence-electron chi connectivity index (χ1n) is 14.1. The molecule has 0 spiro atoms. The molecular weight excluding hydrogens is 390 g/mol. The zero-order chi connectivity index (χ0) is 23.4. The summed E-state index contributed by atoms with van der Waals surface area (Å²) in [4.78, 5) is 0. The Labute approximate surface area is 201 Å². The Morgan fingerprint density at radius 2 is 1.12 bits per heavy atom. The summed E-state index contributed by atoms with van der Waals surface area (Å²) in [6.07, 6.45) is 34.8. The lowest BCUT2D eigenvalue weighted by atomic mass is 10.0. The van der Waals surface area contributed by atoms with Crippen LogP contribution in [0.4, 0.5) is 0 Å². The van der Waals surface area contributed by atoms with Crippen LogP contribution in [0.15, 0.2) is 24.3 Å². The van der Waals surface area contributed by atoms with Gasteiger partial charge < -0.3 is 4.74 Å². The van der Waals surface area contributed by atoms with E-state index in [9.17, 15) is 5.26 Å². The predicted octanol–water partition coefficient (Wildman–Crippen LogP) is 10.1. The molecule has 0 aromatic rings. The zero-order valence-electron chi connectivity index (χ0n) is 21.8. The molecule has 0 bridgehead atoms. The first-order valence-corrected chi connectivity index (χ1v) is 14.1. The Bertz CT molecular complexity index is 448. The monoisotopic (exact) mass is 445 g/mol. The van der Waals surface area contributed by atoms with Gasteiger partial charge >= 0.3 is 0 Å². The van der Waals surface area contributed by atoms with Crippen molar-refractivity contribution in [2.45, 2.75) is 142 Å². The van der Waals surface area contributed by atoms with E-state index in [1.165, 1.54) is 109 Å². The second-order valence-electron chi connectivity index (χ2n) is 9.40. The van der Waals surface area contributed by atoms with Crippen molar-refractivity contribution in [3.05, 3.63) is 24.3 Å². The average molecular weight is 446 g/mol. The van der Waals surface area contributed by atoms with Gasteiger partial charge in [-0.3, -0.25) is 0 Å². The first-order chi connectivity index (χ1) is 15.8. The Kier molecular flexibility index (Phi) is 27.0. The van der Waals surface area contributed by atoms with Crippen molar-refractivity contribution in [3.8, 4) is 6.07 Å². The Morgan fingerprint density at radius 1 is 0.625 bits per heavy atom. The van der Waals surface area contributed by atoms with E-state index >= 15 is 0 Å². The molecule has 1 unspecified atom stereocenters. The fraction of sp³-hybridized carbons (Fsp3) is 0.833. The third kappa shape index (κ3) is 25.2. The smallest absolute Gasteiger partial charge is 0.0697 e. The number of ether oxygens (including phenoxy) is 1. The molecule has 0 aliphatic rings. The fourth-order valence-corrected chi connectivity index (χ4v) is 3.95. The number of nitrogens with zero attached hydrogens (tertiary/aromatic N) is 1. The van der Waals surface area contributed by atoms with Gasteiger partial charge in [-0.05, 0) is 44.9 Å². The molecule has 0 amide bonds. The third-order valence-corrected chi connectivity index (χ3v) is 6.15. The van der Waals surface area contributed by atoms with E-state index in [2.05, 4.69) is 44.2 Å². The van der Waals surface area contributed by atoms with E-state index in [4.69, 9.17) is 4.74 Å². The van der Waals surface area contributed by atoms with Crippen LogP contribution >= 0.6 is 0 Å². The highest BCUT2D eigenvalue weighted by Crippen LogP contribution is 2.13. The summed E-state index contributed by atoms with van der Waals surface area (Å²) >= 11 is 0. The maximum absolute atomic E-state index is 9.30. The lowest BCUT2D eigenvalue weighted by Gasteiger charge is -2.10. The quantitative estimate of drug-likeness (QED) is 0.103. The highest BCUT2D eigenvalue weighted by molar-refractivity contribution is 4.92. The number of unbranched alkanes of at least 4 members (excludes halogenated alkanes) is 15. The second-order valence-corrected chi connectivity index (χ2v) is 9.40. The van der Waals surface area contributed by atoms with Crippen molar-refractivity contribution in [1.82, 2.24) is 0 Å². The topological polar surface area (TPSA) is 33.0 Å². The van der Waals surface area contributed by atoms with Gasteiger partial charge in [-0.2, -0.15) is 5.26 Å². The largest absolute Gasteiger partial charge is 0.380 e. The first kappa shape index (κ1) is 30.9. The second kappa shape index (κ2) is 28.0. The van der Waals surface area contributed by atoms with Crippen LogP contribution in [0.5, 0.6) is 0 Å². The number of allylic oxidation sites excluding steroid dienone is 4. The average Bonchev–Trinajstić information content (AvgIpc) is 2.81. The van der Waals surface area contributed by atoms with E-state index in [-0.39, 0.29) is 5.92 Å². The van der Waals surface area contributed by atoms with Gasteiger partial charge in [0, 0.05) is 6.61 Å². The van der Waals surface area contributed by atoms with Gasteiger partial charge in [-0.15, -0.1) is 0 Å². The molecular formula is C30H55NO. The summed E-state index contributed by atoms with van der Waals surface area (Å²) < 4.78 is 5.78. The normalized spacial score (nSPS) is 12.7. The highest BCUT2D eigenvalue weighted by Gasteiger charge is 2.07. The van der Waals surface area contributed by atoms with Crippen molar-refractivity contribution in [1.29, 1.82) is 5.26 Å². The molecule has 0 fully saturated rings. The van der Waals surface area contributed by atoms with Crippen LogP contribution in [-0.2, 0) is 4.74 Å². The molecule has 32 heavy (non-hydrogen) atoms. The van der Waals surface area contributed by atoms with Gasteiger partial charge in [0.25, 0.3) is 0 Å². The number of hydrogen-bond donors (Lipinski definition) is 0. The molecule has 0 saturated carbocycles. The summed E-state index contributed by atoms with van der Waals surface area (Å²) in [7, 11) is 0. The predicted molar refractivity (Wildman–Crippen MR) is 142 cm³/mol. The molecule has 2 heteroatoms. The summed E-state index contributed by atoms with van der Waals surface area (Å²) in [6.45, 7) is 5.97. The lowest BCUT2D eigenvalue weighted by molar-refractivity contribution is 0.107. The number of rotatable bonds is 25. The third-order valence-electron chi connectivity index (χ3n) is 6.15. The van der Waals surface area contributed by atoms with Crippen LogP contribution in [0.1, 0.15) is 142 Å². The van der Waals surface area contributed by atoms with E-state index in [1.54, 1.807) is 0 Å². The van der Waals surface area contributed by atoms with Crippen LogP contribution in [0.25, 0.3) is 0 Å². The maximum Gasteiger partial charge on any atom is 0.0697 e.